The smallest absolute Gasteiger partial charge is 0.269 e. The molecular formula is C19H21BrN2O2. The second kappa shape index (κ2) is 7.90. The highest BCUT2D eigenvalue weighted by molar-refractivity contribution is 9.10. The third-order valence-electron chi connectivity index (χ3n) is 4.77. The first kappa shape index (κ1) is 17.1. The number of rotatable bonds is 5. The van der Waals surface area contributed by atoms with Gasteiger partial charge >= 0.3 is 0 Å². The Balaban J connectivity index is 1.49. The van der Waals surface area contributed by atoms with Gasteiger partial charge in [0.1, 0.15) is 0 Å². The van der Waals surface area contributed by atoms with Gasteiger partial charge in [-0.25, -0.2) is 0 Å². The van der Waals surface area contributed by atoms with E-state index in [-0.39, 0.29) is 10.6 Å². The molecule has 5 heteroatoms. The number of halogens is 1. The second-order valence-electron chi connectivity index (χ2n) is 6.34. The Hall–Kier alpha value is -1.72. The Morgan fingerprint density at radius 1 is 1.12 bits per heavy atom. The van der Waals surface area contributed by atoms with Crippen LogP contribution in [0.1, 0.15) is 29.9 Å². The Bertz CT molecular complexity index is 695. The van der Waals surface area contributed by atoms with Gasteiger partial charge < -0.3 is 4.90 Å². The molecule has 1 aliphatic heterocycles. The highest BCUT2D eigenvalue weighted by Gasteiger charge is 2.20. The van der Waals surface area contributed by atoms with Crippen LogP contribution in [-0.2, 0) is 6.42 Å². The van der Waals surface area contributed by atoms with Crippen molar-refractivity contribution >= 4 is 21.6 Å². The van der Waals surface area contributed by atoms with Crippen LogP contribution in [0.25, 0.3) is 0 Å². The van der Waals surface area contributed by atoms with Gasteiger partial charge in [0, 0.05) is 23.2 Å². The van der Waals surface area contributed by atoms with Crippen LogP contribution in [0.2, 0.25) is 0 Å². The maximum absolute atomic E-state index is 10.7. The molecule has 0 atom stereocenters. The van der Waals surface area contributed by atoms with Crippen molar-refractivity contribution in [1.29, 1.82) is 0 Å². The van der Waals surface area contributed by atoms with E-state index < -0.39 is 0 Å². The van der Waals surface area contributed by atoms with E-state index in [1.165, 1.54) is 11.1 Å². The van der Waals surface area contributed by atoms with Crippen molar-refractivity contribution in [3.63, 3.8) is 0 Å². The fourth-order valence-corrected chi connectivity index (χ4v) is 3.78. The average molecular weight is 389 g/mol. The average Bonchev–Trinajstić information content (AvgIpc) is 2.61. The molecule has 0 radical (unpaired) electrons. The van der Waals surface area contributed by atoms with E-state index in [0.717, 1.165) is 43.4 Å². The van der Waals surface area contributed by atoms with Crippen LogP contribution in [-0.4, -0.2) is 29.5 Å². The highest BCUT2D eigenvalue weighted by Crippen LogP contribution is 2.29. The fraction of sp³-hybridized carbons (Fsp3) is 0.368. The summed E-state index contributed by atoms with van der Waals surface area (Å²) in [4.78, 5) is 12.9. The Kier molecular flexibility index (Phi) is 5.63. The van der Waals surface area contributed by atoms with Gasteiger partial charge in [0.05, 0.1) is 4.92 Å². The van der Waals surface area contributed by atoms with Gasteiger partial charge in [-0.3, -0.25) is 10.1 Å². The van der Waals surface area contributed by atoms with Gasteiger partial charge in [0.2, 0.25) is 0 Å². The van der Waals surface area contributed by atoms with Crippen LogP contribution < -0.4 is 0 Å². The number of likely N-dealkylation sites (tertiary alicyclic amines) is 1. The molecule has 0 aromatic heterocycles. The maximum Gasteiger partial charge on any atom is 0.269 e. The van der Waals surface area contributed by atoms with Gasteiger partial charge in [-0.1, -0.05) is 40.2 Å². The Morgan fingerprint density at radius 3 is 2.46 bits per heavy atom. The molecule has 4 nitrogen and oxygen atoms in total. The third kappa shape index (κ3) is 4.42. The molecule has 2 aromatic rings. The quantitative estimate of drug-likeness (QED) is 0.546. The highest BCUT2D eigenvalue weighted by atomic mass is 79.9. The van der Waals surface area contributed by atoms with Crippen LogP contribution in [0, 0.1) is 10.1 Å². The number of nitrogens with zero attached hydrogens (tertiary/aromatic N) is 2. The van der Waals surface area contributed by atoms with Crippen LogP contribution in [0.5, 0.6) is 0 Å². The largest absolute Gasteiger partial charge is 0.303 e. The molecular weight excluding hydrogens is 368 g/mol. The lowest BCUT2D eigenvalue weighted by molar-refractivity contribution is -0.384. The molecule has 3 rings (SSSR count). The minimum absolute atomic E-state index is 0.171. The van der Waals surface area contributed by atoms with Crippen LogP contribution in [0.3, 0.4) is 0 Å². The normalized spacial score (nSPS) is 16.2. The summed E-state index contributed by atoms with van der Waals surface area (Å²) in [5.74, 6) is 0.521. The standard InChI is InChI=1S/C19H21BrN2O2/c20-18-3-1-2-15(14-18)8-11-21-12-9-17(10-13-21)16-4-6-19(7-5-16)22(23)24/h1-7,14,17H,8-13H2. The summed E-state index contributed by atoms with van der Waals surface area (Å²) < 4.78 is 1.14. The maximum atomic E-state index is 10.7. The van der Waals surface area contributed by atoms with E-state index in [9.17, 15) is 10.1 Å². The lowest BCUT2D eigenvalue weighted by Crippen LogP contribution is -2.34. The first-order valence-electron chi connectivity index (χ1n) is 8.33. The zero-order valence-electron chi connectivity index (χ0n) is 13.5. The number of piperidine rings is 1. The van der Waals surface area contributed by atoms with Crippen LogP contribution in [0.15, 0.2) is 53.0 Å². The first-order chi connectivity index (χ1) is 11.6. The molecule has 126 valence electrons. The molecule has 0 spiro atoms. The molecule has 0 amide bonds. The summed E-state index contributed by atoms with van der Waals surface area (Å²) in [6.07, 6.45) is 3.31. The molecule has 0 aliphatic carbocycles. The van der Waals surface area contributed by atoms with E-state index in [1.54, 1.807) is 12.1 Å². The summed E-state index contributed by atoms with van der Waals surface area (Å²) >= 11 is 3.52. The molecule has 0 N–H and O–H groups in total. The molecule has 0 bridgehead atoms. The van der Waals surface area contributed by atoms with E-state index in [0.29, 0.717) is 5.92 Å². The summed E-state index contributed by atoms with van der Waals surface area (Å²) in [7, 11) is 0. The summed E-state index contributed by atoms with van der Waals surface area (Å²) in [5, 5.41) is 10.7. The number of non-ortho nitro benzene ring substituents is 1. The topological polar surface area (TPSA) is 46.4 Å². The van der Waals surface area contributed by atoms with Crippen LogP contribution >= 0.6 is 15.9 Å². The number of hydrogen-bond acceptors (Lipinski definition) is 3. The van der Waals surface area contributed by atoms with Crippen molar-refractivity contribution in [2.24, 2.45) is 0 Å². The molecule has 1 heterocycles. The Labute approximate surface area is 150 Å². The number of hydrogen-bond donors (Lipinski definition) is 0. The number of benzene rings is 2. The minimum Gasteiger partial charge on any atom is -0.303 e. The number of nitro benzene ring substituents is 1. The lowest BCUT2D eigenvalue weighted by Gasteiger charge is -2.32. The predicted octanol–water partition coefficient (Wildman–Crippen LogP) is 4.78. The zero-order valence-corrected chi connectivity index (χ0v) is 15.1. The molecule has 0 saturated carbocycles. The van der Waals surface area contributed by atoms with Crippen molar-refractivity contribution < 1.29 is 4.92 Å². The van der Waals surface area contributed by atoms with Gasteiger partial charge in [-0.2, -0.15) is 0 Å². The van der Waals surface area contributed by atoms with Gasteiger partial charge in [0.25, 0.3) is 5.69 Å². The monoisotopic (exact) mass is 388 g/mol. The number of nitro groups is 1. The summed E-state index contributed by atoms with van der Waals surface area (Å²) in [5.41, 5.74) is 2.76. The van der Waals surface area contributed by atoms with E-state index >= 15 is 0 Å². The lowest BCUT2D eigenvalue weighted by atomic mass is 9.89. The fourth-order valence-electron chi connectivity index (χ4n) is 3.34. The zero-order chi connectivity index (χ0) is 16.9. The molecule has 1 aliphatic rings. The first-order valence-corrected chi connectivity index (χ1v) is 9.12. The van der Waals surface area contributed by atoms with Crippen molar-refractivity contribution in [3.05, 3.63) is 74.2 Å². The van der Waals surface area contributed by atoms with Gasteiger partial charge in [-0.05, 0) is 61.5 Å². The summed E-state index contributed by atoms with van der Waals surface area (Å²) in [6.45, 7) is 3.27. The van der Waals surface area contributed by atoms with Crippen molar-refractivity contribution in [2.45, 2.75) is 25.2 Å². The molecule has 1 fully saturated rings. The van der Waals surface area contributed by atoms with Gasteiger partial charge in [-0.15, -0.1) is 0 Å². The van der Waals surface area contributed by atoms with Gasteiger partial charge in [0.15, 0.2) is 0 Å². The van der Waals surface area contributed by atoms with E-state index in [2.05, 4.69) is 45.1 Å². The molecule has 24 heavy (non-hydrogen) atoms. The van der Waals surface area contributed by atoms with E-state index in [4.69, 9.17) is 0 Å². The van der Waals surface area contributed by atoms with Crippen molar-refractivity contribution in [3.8, 4) is 0 Å². The molecule has 1 saturated heterocycles. The predicted molar refractivity (Wildman–Crippen MR) is 99.4 cm³/mol. The van der Waals surface area contributed by atoms with Crippen molar-refractivity contribution in [2.75, 3.05) is 19.6 Å². The third-order valence-corrected chi connectivity index (χ3v) is 5.26. The van der Waals surface area contributed by atoms with E-state index in [1.807, 2.05) is 12.1 Å². The SMILES string of the molecule is O=[N+]([O-])c1ccc(C2CCN(CCc3cccc(Br)c3)CC2)cc1. The summed E-state index contributed by atoms with van der Waals surface area (Å²) in [6, 6.07) is 15.6. The Morgan fingerprint density at radius 2 is 1.83 bits per heavy atom. The molecule has 0 unspecified atom stereocenters. The molecule has 2 aromatic carbocycles. The minimum atomic E-state index is -0.339. The second-order valence-corrected chi connectivity index (χ2v) is 7.26. The van der Waals surface area contributed by atoms with Crippen LogP contribution in [0.4, 0.5) is 5.69 Å². The van der Waals surface area contributed by atoms with Crippen molar-refractivity contribution in [1.82, 2.24) is 4.90 Å².